The standard InChI is InChI=1S/C14H16N6O4S/c1-14(2)9(10-16-18-19-17-10)20-12(23)7(13(20)25-14)15-11(22)8(21)6-4-3-5-24-6/h3-5,7-9,13,21H,1-2H3,(H,15,22)(H,16,17,18,19)/t7?,8?,9?,13-/m1/s1. The van der Waals surface area contributed by atoms with Crippen LogP contribution in [0.25, 0.3) is 0 Å². The topological polar surface area (TPSA) is 137 Å². The van der Waals surface area contributed by atoms with Crippen LogP contribution in [0.3, 0.4) is 0 Å². The Balaban J connectivity index is 1.50. The van der Waals surface area contributed by atoms with E-state index in [0.29, 0.717) is 5.82 Å². The molecule has 2 amide bonds. The number of rotatable bonds is 4. The minimum atomic E-state index is -1.45. The lowest BCUT2D eigenvalue weighted by Crippen LogP contribution is -2.68. The number of hydrogen-bond donors (Lipinski definition) is 3. The third-order valence-corrected chi connectivity index (χ3v) is 5.99. The number of amides is 2. The summed E-state index contributed by atoms with van der Waals surface area (Å²) in [7, 11) is 0. The van der Waals surface area contributed by atoms with Crippen molar-refractivity contribution in [2.45, 2.75) is 42.2 Å². The van der Waals surface area contributed by atoms with Crippen molar-refractivity contribution in [1.82, 2.24) is 30.8 Å². The smallest absolute Gasteiger partial charge is 0.257 e. The summed E-state index contributed by atoms with van der Waals surface area (Å²) >= 11 is 1.56. The van der Waals surface area contributed by atoms with Gasteiger partial charge in [0.25, 0.3) is 5.91 Å². The Morgan fingerprint density at radius 2 is 2.36 bits per heavy atom. The summed E-state index contributed by atoms with van der Waals surface area (Å²) in [5.41, 5.74) is 0. The molecule has 2 saturated heterocycles. The van der Waals surface area contributed by atoms with Gasteiger partial charge in [-0.05, 0) is 36.4 Å². The van der Waals surface area contributed by atoms with Crippen molar-refractivity contribution >= 4 is 23.6 Å². The van der Waals surface area contributed by atoms with Gasteiger partial charge in [-0.15, -0.1) is 16.9 Å². The van der Waals surface area contributed by atoms with Gasteiger partial charge in [0.05, 0.1) is 6.26 Å². The molecule has 0 aromatic carbocycles. The van der Waals surface area contributed by atoms with Crippen molar-refractivity contribution in [3.05, 3.63) is 30.0 Å². The van der Waals surface area contributed by atoms with Crippen molar-refractivity contribution in [2.75, 3.05) is 0 Å². The van der Waals surface area contributed by atoms with Crippen LogP contribution in [-0.2, 0) is 9.59 Å². The van der Waals surface area contributed by atoms with E-state index in [1.165, 1.54) is 12.3 Å². The monoisotopic (exact) mass is 364 g/mol. The van der Waals surface area contributed by atoms with E-state index in [9.17, 15) is 14.7 Å². The average molecular weight is 364 g/mol. The average Bonchev–Trinajstić information content (AvgIpc) is 3.30. The van der Waals surface area contributed by atoms with Gasteiger partial charge in [0.2, 0.25) is 5.91 Å². The number of hydrogen-bond acceptors (Lipinski definition) is 8. The highest BCUT2D eigenvalue weighted by Gasteiger charge is 2.63. The lowest BCUT2D eigenvalue weighted by Gasteiger charge is -2.44. The number of aromatic nitrogens is 4. The number of nitrogens with one attached hydrogen (secondary N) is 2. The molecule has 4 atom stereocenters. The number of β-lactam (4-membered cyclic amide) rings is 1. The Morgan fingerprint density at radius 3 is 3.00 bits per heavy atom. The summed E-state index contributed by atoms with van der Waals surface area (Å²) in [6.07, 6.45) is -0.0847. The molecule has 25 heavy (non-hydrogen) atoms. The number of thioether (sulfide) groups is 1. The van der Waals surface area contributed by atoms with Crippen molar-refractivity contribution in [1.29, 1.82) is 0 Å². The number of nitrogens with zero attached hydrogens (tertiary/aromatic N) is 4. The number of fused-ring (bicyclic) bond motifs is 1. The van der Waals surface area contributed by atoms with E-state index >= 15 is 0 Å². The first-order valence-corrected chi connectivity index (χ1v) is 8.53. The second-order valence-corrected chi connectivity index (χ2v) is 8.22. The maximum atomic E-state index is 12.6. The van der Waals surface area contributed by atoms with E-state index < -0.39 is 18.1 Å². The molecule has 2 aromatic heterocycles. The zero-order chi connectivity index (χ0) is 17.8. The van der Waals surface area contributed by atoms with E-state index in [4.69, 9.17) is 4.42 Å². The van der Waals surface area contributed by atoms with Crippen molar-refractivity contribution in [2.24, 2.45) is 0 Å². The molecular formula is C14H16N6O4S. The zero-order valence-electron chi connectivity index (χ0n) is 13.4. The Kier molecular flexibility index (Phi) is 3.58. The number of aliphatic hydroxyl groups is 1. The molecule has 2 aliphatic rings. The molecule has 132 valence electrons. The van der Waals surface area contributed by atoms with Gasteiger partial charge in [0.15, 0.2) is 11.9 Å². The Labute approximate surface area is 146 Å². The molecule has 0 radical (unpaired) electrons. The van der Waals surface area contributed by atoms with Crippen LogP contribution in [0.1, 0.15) is 37.6 Å². The highest BCUT2D eigenvalue weighted by atomic mass is 32.2. The molecule has 2 aromatic rings. The van der Waals surface area contributed by atoms with E-state index in [-0.39, 0.29) is 27.8 Å². The summed E-state index contributed by atoms with van der Waals surface area (Å²) in [4.78, 5) is 26.5. The van der Waals surface area contributed by atoms with Crippen LogP contribution in [0.15, 0.2) is 22.8 Å². The van der Waals surface area contributed by atoms with E-state index in [1.807, 2.05) is 13.8 Å². The summed E-state index contributed by atoms with van der Waals surface area (Å²) < 4.78 is 4.69. The number of carbonyl (C=O) groups is 2. The molecule has 0 aliphatic carbocycles. The van der Waals surface area contributed by atoms with Crippen LogP contribution in [0.4, 0.5) is 0 Å². The maximum Gasteiger partial charge on any atom is 0.257 e. The van der Waals surface area contributed by atoms with Gasteiger partial charge in [0.1, 0.15) is 23.2 Å². The predicted molar refractivity (Wildman–Crippen MR) is 84.8 cm³/mol. The molecule has 3 unspecified atom stereocenters. The van der Waals surface area contributed by atoms with Crippen LogP contribution in [0.2, 0.25) is 0 Å². The fourth-order valence-electron chi connectivity index (χ4n) is 3.28. The Hall–Kier alpha value is -2.40. The summed E-state index contributed by atoms with van der Waals surface area (Å²) in [5, 5.41) is 26.2. The predicted octanol–water partition coefficient (Wildman–Crippen LogP) is -0.254. The van der Waals surface area contributed by atoms with E-state index in [2.05, 4.69) is 25.9 Å². The fraction of sp³-hybridized carbons (Fsp3) is 0.500. The first-order valence-electron chi connectivity index (χ1n) is 7.65. The SMILES string of the molecule is CC1(C)S[C@@H]2C(NC(=O)C(O)c3ccco3)C(=O)N2C1c1nnn[nH]1. The highest BCUT2D eigenvalue weighted by Crippen LogP contribution is 2.56. The highest BCUT2D eigenvalue weighted by molar-refractivity contribution is 8.01. The second kappa shape index (κ2) is 5.56. The number of carbonyl (C=O) groups excluding carboxylic acids is 2. The normalized spacial score (nSPS) is 28.4. The number of tetrazole rings is 1. The van der Waals surface area contributed by atoms with Crippen LogP contribution in [-0.4, -0.2) is 58.6 Å². The lowest BCUT2D eigenvalue weighted by atomic mass is 9.95. The Morgan fingerprint density at radius 1 is 1.56 bits per heavy atom. The molecule has 4 heterocycles. The first-order chi connectivity index (χ1) is 11.9. The lowest BCUT2D eigenvalue weighted by molar-refractivity contribution is -0.153. The number of aromatic amines is 1. The summed E-state index contributed by atoms with van der Waals surface area (Å²) in [5.74, 6) is -0.263. The van der Waals surface area contributed by atoms with Gasteiger partial charge < -0.3 is 19.7 Å². The zero-order valence-corrected chi connectivity index (χ0v) is 14.2. The quantitative estimate of drug-likeness (QED) is 0.631. The molecule has 2 fully saturated rings. The third kappa shape index (κ3) is 2.42. The number of furan rings is 1. The summed E-state index contributed by atoms with van der Waals surface area (Å²) in [6, 6.07) is 2.06. The second-order valence-electron chi connectivity index (χ2n) is 6.45. The van der Waals surface area contributed by atoms with Crippen molar-refractivity contribution in [3.8, 4) is 0 Å². The molecule has 3 N–H and O–H groups in total. The van der Waals surface area contributed by atoms with Crippen LogP contribution < -0.4 is 5.32 Å². The van der Waals surface area contributed by atoms with Crippen LogP contribution in [0, 0.1) is 0 Å². The summed E-state index contributed by atoms with van der Waals surface area (Å²) in [6.45, 7) is 3.99. The van der Waals surface area contributed by atoms with Crippen molar-refractivity contribution in [3.63, 3.8) is 0 Å². The molecule has 10 nitrogen and oxygen atoms in total. The molecular weight excluding hydrogens is 348 g/mol. The minimum absolute atomic E-state index is 0.131. The van der Waals surface area contributed by atoms with Gasteiger partial charge in [-0.3, -0.25) is 9.59 Å². The van der Waals surface area contributed by atoms with Crippen LogP contribution in [0.5, 0.6) is 0 Å². The Bertz CT molecular complexity index is 792. The molecule has 11 heteroatoms. The number of aliphatic hydroxyl groups excluding tert-OH is 1. The molecule has 2 aliphatic heterocycles. The molecule has 0 saturated carbocycles. The number of H-pyrrole nitrogens is 1. The van der Waals surface area contributed by atoms with Crippen molar-refractivity contribution < 1.29 is 19.1 Å². The van der Waals surface area contributed by atoms with E-state index in [0.717, 1.165) is 0 Å². The molecule has 0 spiro atoms. The van der Waals surface area contributed by atoms with Crippen LogP contribution >= 0.6 is 11.8 Å². The van der Waals surface area contributed by atoms with Gasteiger partial charge >= 0.3 is 0 Å². The fourth-order valence-corrected chi connectivity index (χ4v) is 4.92. The largest absolute Gasteiger partial charge is 0.466 e. The van der Waals surface area contributed by atoms with Gasteiger partial charge in [-0.2, -0.15) is 0 Å². The first kappa shape index (κ1) is 16.1. The van der Waals surface area contributed by atoms with E-state index in [1.54, 1.807) is 22.7 Å². The van der Waals surface area contributed by atoms with Gasteiger partial charge in [-0.25, -0.2) is 5.10 Å². The molecule has 0 bridgehead atoms. The van der Waals surface area contributed by atoms with Gasteiger partial charge in [-0.1, -0.05) is 0 Å². The maximum absolute atomic E-state index is 12.6. The third-order valence-electron chi connectivity index (χ3n) is 4.42. The van der Waals surface area contributed by atoms with Gasteiger partial charge in [0, 0.05) is 4.75 Å². The minimum Gasteiger partial charge on any atom is -0.466 e. The molecule has 4 rings (SSSR count).